The maximum atomic E-state index is 5.71. The van der Waals surface area contributed by atoms with Crippen molar-refractivity contribution in [2.24, 2.45) is 7.05 Å². The Morgan fingerprint density at radius 1 is 0.963 bits per heavy atom. The van der Waals surface area contributed by atoms with Gasteiger partial charge in [0.25, 0.3) is 0 Å². The monoisotopic (exact) mass is 357 g/mol. The Hall–Kier alpha value is -3.27. The first kappa shape index (κ1) is 17.2. The van der Waals surface area contributed by atoms with E-state index in [1.165, 1.54) is 11.3 Å². The van der Waals surface area contributed by atoms with Crippen LogP contribution in [0.1, 0.15) is 13.8 Å². The van der Waals surface area contributed by atoms with E-state index in [0.717, 1.165) is 28.2 Å². The molecule has 0 spiro atoms. The van der Waals surface area contributed by atoms with Gasteiger partial charge in [0.05, 0.1) is 11.6 Å². The number of benzene rings is 2. The zero-order chi connectivity index (χ0) is 18.8. The molecule has 0 saturated heterocycles. The molecular weight excluding hydrogens is 334 g/mol. The van der Waals surface area contributed by atoms with E-state index in [1.54, 1.807) is 0 Å². The molecule has 4 aromatic rings. The highest BCUT2D eigenvalue weighted by atomic mass is 16.5. The topological polar surface area (TPSA) is 39.1 Å². The van der Waals surface area contributed by atoms with Gasteiger partial charge in [-0.05, 0) is 55.8 Å². The van der Waals surface area contributed by atoms with Gasteiger partial charge in [-0.3, -0.25) is 0 Å². The third kappa shape index (κ3) is 3.51. The van der Waals surface area contributed by atoms with Gasteiger partial charge in [0, 0.05) is 30.0 Å². The van der Waals surface area contributed by atoms with Gasteiger partial charge < -0.3 is 14.6 Å². The average Bonchev–Trinajstić information content (AvgIpc) is 3.02. The minimum atomic E-state index is 0.167. The van der Waals surface area contributed by atoms with E-state index >= 15 is 0 Å². The molecule has 27 heavy (non-hydrogen) atoms. The predicted octanol–water partition coefficient (Wildman–Crippen LogP) is 5.77. The molecular formula is C23H23N3O. The van der Waals surface area contributed by atoms with Crippen molar-refractivity contribution in [1.29, 1.82) is 0 Å². The van der Waals surface area contributed by atoms with Crippen molar-refractivity contribution in [2.45, 2.75) is 20.0 Å². The van der Waals surface area contributed by atoms with Crippen molar-refractivity contribution in [3.8, 4) is 17.0 Å². The number of hydrogen-bond donors (Lipinski definition) is 1. The van der Waals surface area contributed by atoms with Gasteiger partial charge in [0.15, 0.2) is 0 Å². The highest BCUT2D eigenvalue weighted by molar-refractivity contribution is 5.95. The molecule has 0 unspecified atom stereocenters. The van der Waals surface area contributed by atoms with Crippen LogP contribution >= 0.6 is 0 Å². The molecule has 0 bridgehead atoms. The summed E-state index contributed by atoms with van der Waals surface area (Å²) in [7, 11) is 2.09. The summed E-state index contributed by atoms with van der Waals surface area (Å²) in [5, 5.41) is 4.54. The van der Waals surface area contributed by atoms with Crippen molar-refractivity contribution in [3.63, 3.8) is 0 Å². The summed E-state index contributed by atoms with van der Waals surface area (Å²) in [6.45, 7) is 4.05. The number of pyridine rings is 1. The number of fused-ring (bicyclic) bond motifs is 1. The van der Waals surface area contributed by atoms with Crippen LogP contribution in [0.15, 0.2) is 72.9 Å². The highest BCUT2D eigenvalue weighted by Gasteiger charge is 2.12. The van der Waals surface area contributed by atoms with Crippen LogP contribution in [0.5, 0.6) is 5.75 Å². The molecule has 2 aromatic heterocycles. The summed E-state index contributed by atoms with van der Waals surface area (Å²) >= 11 is 0. The fraction of sp³-hybridized carbons (Fsp3) is 0.174. The molecule has 0 aliphatic heterocycles. The van der Waals surface area contributed by atoms with E-state index in [9.17, 15) is 0 Å². The van der Waals surface area contributed by atoms with E-state index in [1.807, 2.05) is 56.4 Å². The number of ether oxygens (including phenoxy) is 1. The minimum Gasteiger partial charge on any atom is -0.491 e. The van der Waals surface area contributed by atoms with Gasteiger partial charge in [-0.2, -0.15) is 0 Å². The number of aryl methyl sites for hydroxylation is 1. The molecule has 1 N–H and O–H groups in total. The van der Waals surface area contributed by atoms with Crippen LogP contribution < -0.4 is 10.1 Å². The zero-order valence-electron chi connectivity index (χ0n) is 15.8. The fourth-order valence-corrected chi connectivity index (χ4v) is 3.27. The molecule has 136 valence electrons. The Labute approximate surface area is 159 Å². The molecule has 0 fully saturated rings. The molecule has 4 nitrogen and oxygen atoms in total. The Kier molecular flexibility index (Phi) is 4.55. The average molecular weight is 357 g/mol. The van der Waals surface area contributed by atoms with Crippen LogP contribution in [0.3, 0.4) is 0 Å². The van der Waals surface area contributed by atoms with Gasteiger partial charge in [0.2, 0.25) is 0 Å². The summed E-state index contributed by atoms with van der Waals surface area (Å²) in [6, 6.07) is 22.6. The quantitative estimate of drug-likeness (QED) is 0.493. The minimum absolute atomic E-state index is 0.167. The van der Waals surface area contributed by atoms with Crippen molar-refractivity contribution in [3.05, 3.63) is 72.9 Å². The molecule has 0 saturated carbocycles. The van der Waals surface area contributed by atoms with Gasteiger partial charge in [-0.1, -0.05) is 30.3 Å². The van der Waals surface area contributed by atoms with Gasteiger partial charge in [-0.25, -0.2) is 4.98 Å². The van der Waals surface area contributed by atoms with Crippen LogP contribution in [-0.4, -0.2) is 15.7 Å². The summed E-state index contributed by atoms with van der Waals surface area (Å²) in [5.41, 5.74) is 4.49. The maximum Gasteiger partial charge on any atom is 0.139 e. The van der Waals surface area contributed by atoms with E-state index in [4.69, 9.17) is 4.74 Å². The van der Waals surface area contributed by atoms with Crippen molar-refractivity contribution in [2.75, 3.05) is 5.32 Å². The largest absolute Gasteiger partial charge is 0.491 e. The van der Waals surface area contributed by atoms with E-state index in [-0.39, 0.29) is 6.10 Å². The molecule has 0 amide bonds. The number of aromatic nitrogens is 2. The van der Waals surface area contributed by atoms with Gasteiger partial charge >= 0.3 is 0 Å². The molecule has 0 atom stereocenters. The lowest BCUT2D eigenvalue weighted by molar-refractivity contribution is 0.242. The zero-order valence-corrected chi connectivity index (χ0v) is 15.8. The van der Waals surface area contributed by atoms with Crippen LogP contribution in [0.25, 0.3) is 22.2 Å². The number of rotatable bonds is 5. The van der Waals surface area contributed by atoms with Crippen molar-refractivity contribution in [1.82, 2.24) is 9.55 Å². The molecule has 0 radical (unpaired) electrons. The second kappa shape index (κ2) is 7.16. The number of nitrogens with zero attached hydrogens (tertiary/aromatic N) is 2. The Morgan fingerprint density at radius 2 is 1.70 bits per heavy atom. The summed E-state index contributed by atoms with van der Waals surface area (Å²) < 4.78 is 7.92. The van der Waals surface area contributed by atoms with Crippen molar-refractivity contribution < 1.29 is 4.74 Å². The van der Waals surface area contributed by atoms with Crippen LogP contribution in [0.2, 0.25) is 0 Å². The standard InChI is InChI=1S/C23H23N3O/c1-16(2)27-19-11-9-18(10-12-19)25-23-20-15-22(17-7-5-4-6-8-17)26(3)21(20)13-14-24-23/h4-16H,1-3H3,(H,24,25). The first-order chi connectivity index (χ1) is 13.1. The lowest BCUT2D eigenvalue weighted by Gasteiger charge is -2.11. The summed E-state index contributed by atoms with van der Waals surface area (Å²) in [4.78, 5) is 4.57. The summed E-state index contributed by atoms with van der Waals surface area (Å²) in [5.74, 6) is 1.72. The lowest BCUT2D eigenvalue weighted by Crippen LogP contribution is -2.05. The van der Waals surface area contributed by atoms with E-state index < -0.39 is 0 Å². The first-order valence-corrected chi connectivity index (χ1v) is 9.15. The van der Waals surface area contributed by atoms with E-state index in [0.29, 0.717) is 0 Å². The van der Waals surface area contributed by atoms with Gasteiger partial charge in [0.1, 0.15) is 11.6 Å². The molecule has 0 aliphatic carbocycles. The third-order valence-corrected chi connectivity index (χ3v) is 4.53. The second-order valence-electron chi connectivity index (χ2n) is 6.86. The number of anilines is 2. The molecule has 4 heteroatoms. The molecule has 2 aromatic carbocycles. The predicted molar refractivity (Wildman–Crippen MR) is 112 cm³/mol. The lowest BCUT2D eigenvalue weighted by atomic mass is 10.1. The Bertz CT molecular complexity index is 1050. The van der Waals surface area contributed by atoms with Crippen LogP contribution in [-0.2, 0) is 7.05 Å². The Balaban J connectivity index is 1.68. The van der Waals surface area contributed by atoms with Crippen LogP contribution in [0.4, 0.5) is 11.5 Å². The smallest absolute Gasteiger partial charge is 0.139 e. The van der Waals surface area contributed by atoms with Crippen molar-refractivity contribution >= 4 is 22.4 Å². The molecule has 4 rings (SSSR count). The fourth-order valence-electron chi connectivity index (χ4n) is 3.27. The number of nitrogens with one attached hydrogen (secondary N) is 1. The molecule has 0 aliphatic rings. The highest BCUT2D eigenvalue weighted by Crippen LogP contribution is 2.32. The van der Waals surface area contributed by atoms with Crippen LogP contribution in [0, 0.1) is 0 Å². The first-order valence-electron chi connectivity index (χ1n) is 9.15. The van der Waals surface area contributed by atoms with Gasteiger partial charge in [-0.15, -0.1) is 0 Å². The maximum absolute atomic E-state index is 5.71. The molecule has 2 heterocycles. The Morgan fingerprint density at radius 3 is 2.41 bits per heavy atom. The summed E-state index contributed by atoms with van der Waals surface area (Å²) in [6.07, 6.45) is 2.01. The van der Waals surface area contributed by atoms with E-state index in [2.05, 4.69) is 52.2 Å². The SMILES string of the molecule is CC(C)Oc1ccc(Nc2nccc3c2cc(-c2ccccc2)n3C)cc1. The number of hydrogen-bond acceptors (Lipinski definition) is 3. The second-order valence-corrected chi connectivity index (χ2v) is 6.86. The third-order valence-electron chi connectivity index (χ3n) is 4.53. The normalized spacial score (nSPS) is 11.1.